The lowest BCUT2D eigenvalue weighted by Crippen LogP contribution is -2.38. The number of ether oxygens (including phenoxy) is 2. The molecule has 1 saturated heterocycles. The molecule has 22 heavy (non-hydrogen) atoms. The van der Waals surface area contributed by atoms with Crippen molar-refractivity contribution in [3.8, 4) is 5.75 Å². The molecule has 1 aromatic carbocycles. The van der Waals surface area contributed by atoms with Crippen LogP contribution in [0.3, 0.4) is 0 Å². The van der Waals surface area contributed by atoms with E-state index in [1.165, 1.54) is 0 Å². The lowest BCUT2D eigenvalue weighted by atomic mass is 10.1. The summed E-state index contributed by atoms with van der Waals surface area (Å²) in [6.45, 7) is 4.55. The van der Waals surface area contributed by atoms with Crippen LogP contribution < -0.4 is 10.5 Å². The summed E-state index contributed by atoms with van der Waals surface area (Å²) in [6, 6.07) is 5.83. The summed E-state index contributed by atoms with van der Waals surface area (Å²) in [7, 11) is 1.68. The highest BCUT2D eigenvalue weighted by atomic mass is 16.5. The fourth-order valence-corrected chi connectivity index (χ4v) is 2.79. The van der Waals surface area contributed by atoms with Gasteiger partial charge in [0.2, 0.25) is 0 Å². The quantitative estimate of drug-likeness (QED) is 0.782. The second-order valence-corrected chi connectivity index (χ2v) is 5.72. The van der Waals surface area contributed by atoms with E-state index in [0.717, 1.165) is 37.1 Å². The summed E-state index contributed by atoms with van der Waals surface area (Å²) in [5.41, 5.74) is 7.19. The first-order valence-electron chi connectivity index (χ1n) is 7.90. The lowest BCUT2D eigenvalue weighted by molar-refractivity contribution is 0.0630. The number of aryl methyl sites for hydroxylation is 1. The van der Waals surface area contributed by atoms with E-state index in [1.807, 2.05) is 30.0 Å². The van der Waals surface area contributed by atoms with Crippen molar-refractivity contribution in [2.75, 3.05) is 33.4 Å². The molecule has 1 aliphatic heterocycles. The van der Waals surface area contributed by atoms with Crippen molar-refractivity contribution >= 4 is 5.91 Å². The SMILES string of the molecule is COC[C@@H]1CCCN1C(=O)c1ccc(C)c(OCCCN)c1. The molecule has 122 valence electrons. The Labute approximate surface area is 132 Å². The minimum absolute atomic E-state index is 0.0585. The number of methoxy groups -OCH3 is 1. The van der Waals surface area contributed by atoms with Gasteiger partial charge in [0.15, 0.2) is 0 Å². The van der Waals surface area contributed by atoms with Gasteiger partial charge in [0.05, 0.1) is 19.3 Å². The molecular formula is C17H26N2O3. The summed E-state index contributed by atoms with van der Waals surface area (Å²) in [6.07, 6.45) is 2.84. The number of carbonyl (C=O) groups is 1. The van der Waals surface area contributed by atoms with E-state index >= 15 is 0 Å². The zero-order valence-electron chi connectivity index (χ0n) is 13.5. The van der Waals surface area contributed by atoms with E-state index < -0.39 is 0 Å². The minimum atomic E-state index is 0.0585. The van der Waals surface area contributed by atoms with E-state index in [0.29, 0.717) is 25.3 Å². The minimum Gasteiger partial charge on any atom is -0.493 e. The van der Waals surface area contributed by atoms with Gasteiger partial charge in [-0.2, -0.15) is 0 Å². The molecule has 0 radical (unpaired) electrons. The Morgan fingerprint density at radius 3 is 3.00 bits per heavy atom. The molecule has 5 heteroatoms. The van der Waals surface area contributed by atoms with E-state index in [-0.39, 0.29) is 11.9 Å². The van der Waals surface area contributed by atoms with Gasteiger partial charge in [0, 0.05) is 19.2 Å². The Hall–Kier alpha value is -1.59. The lowest BCUT2D eigenvalue weighted by Gasteiger charge is -2.24. The third-order valence-corrected chi connectivity index (χ3v) is 4.04. The zero-order valence-corrected chi connectivity index (χ0v) is 13.5. The Bertz CT molecular complexity index is 505. The van der Waals surface area contributed by atoms with Crippen LogP contribution in [0.5, 0.6) is 5.75 Å². The zero-order chi connectivity index (χ0) is 15.9. The fraction of sp³-hybridized carbons (Fsp3) is 0.588. The van der Waals surface area contributed by atoms with E-state index in [9.17, 15) is 4.79 Å². The number of nitrogens with two attached hydrogens (primary N) is 1. The topological polar surface area (TPSA) is 64.8 Å². The number of hydrogen-bond donors (Lipinski definition) is 1. The normalized spacial score (nSPS) is 17.8. The number of hydrogen-bond acceptors (Lipinski definition) is 4. The van der Waals surface area contributed by atoms with Gasteiger partial charge < -0.3 is 20.1 Å². The van der Waals surface area contributed by atoms with Crippen molar-refractivity contribution in [1.29, 1.82) is 0 Å². The van der Waals surface area contributed by atoms with Crippen LogP contribution in [0.2, 0.25) is 0 Å². The molecule has 1 amide bonds. The summed E-state index contributed by atoms with van der Waals surface area (Å²) in [4.78, 5) is 14.6. The fourth-order valence-electron chi connectivity index (χ4n) is 2.79. The van der Waals surface area contributed by atoms with Crippen LogP contribution in [0.15, 0.2) is 18.2 Å². The average molecular weight is 306 g/mol. The Morgan fingerprint density at radius 2 is 2.27 bits per heavy atom. The van der Waals surface area contributed by atoms with Crippen LogP contribution in [-0.4, -0.2) is 50.3 Å². The maximum atomic E-state index is 12.7. The molecule has 0 aliphatic carbocycles. The molecular weight excluding hydrogens is 280 g/mol. The van der Waals surface area contributed by atoms with Gasteiger partial charge in [0.25, 0.3) is 5.91 Å². The van der Waals surface area contributed by atoms with Crippen molar-refractivity contribution in [3.05, 3.63) is 29.3 Å². The molecule has 1 atom stereocenters. The van der Waals surface area contributed by atoms with E-state index in [4.69, 9.17) is 15.2 Å². The van der Waals surface area contributed by atoms with Crippen molar-refractivity contribution < 1.29 is 14.3 Å². The second kappa shape index (κ2) is 8.15. The highest BCUT2D eigenvalue weighted by molar-refractivity contribution is 5.95. The van der Waals surface area contributed by atoms with Gasteiger partial charge in [-0.1, -0.05) is 6.07 Å². The molecule has 5 nitrogen and oxygen atoms in total. The average Bonchev–Trinajstić information content (AvgIpc) is 2.97. The third-order valence-electron chi connectivity index (χ3n) is 4.04. The molecule has 2 N–H and O–H groups in total. The van der Waals surface area contributed by atoms with Crippen LogP contribution in [0.4, 0.5) is 0 Å². The predicted molar refractivity (Wildman–Crippen MR) is 86.3 cm³/mol. The van der Waals surface area contributed by atoms with Crippen molar-refractivity contribution in [3.63, 3.8) is 0 Å². The maximum Gasteiger partial charge on any atom is 0.254 e. The Kier molecular flexibility index (Phi) is 6.21. The first-order valence-corrected chi connectivity index (χ1v) is 7.90. The number of benzene rings is 1. The van der Waals surface area contributed by atoms with Gasteiger partial charge in [-0.25, -0.2) is 0 Å². The van der Waals surface area contributed by atoms with Gasteiger partial charge in [0.1, 0.15) is 5.75 Å². The first-order chi connectivity index (χ1) is 10.7. The van der Waals surface area contributed by atoms with E-state index in [1.54, 1.807) is 7.11 Å². The molecule has 0 unspecified atom stereocenters. The number of carbonyl (C=O) groups excluding carboxylic acids is 1. The highest BCUT2D eigenvalue weighted by Gasteiger charge is 2.29. The molecule has 1 fully saturated rings. The standard InChI is InChI=1S/C17H26N2O3/c1-13-6-7-14(11-16(13)22-10-4-8-18)17(20)19-9-3-5-15(19)12-21-2/h6-7,11,15H,3-5,8-10,12,18H2,1-2H3/t15-/m0/s1. The molecule has 0 bridgehead atoms. The van der Waals surface area contributed by atoms with Gasteiger partial charge in [-0.15, -0.1) is 0 Å². The van der Waals surface area contributed by atoms with Crippen molar-refractivity contribution in [2.24, 2.45) is 5.73 Å². The molecule has 2 rings (SSSR count). The highest BCUT2D eigenvalue weighted by Crippen LogP contribution is 2.24. The molecule has 1 heterocycles. The van der Waals surface area contributed by atoms with Crippen molar-refractivity contribution in [2.45, 2.75) is 32.2 Å². The van der Waals surface area contributed by atoms with Crippen LogP contribution in [0, 0.1) is 6.92 Å². The third kappa shape index (κ3) is 3.99. The Morgan fingerprint density at radius 1 is 1.45 bits per heavy atom. The number of nitrogens with zero attached hydrogens (tertiary/aromatic N) is 1. The molecule has 0 aromatic heterocycles. The monoisotopic (exact) mass is 306 g/mol. The van der Waals surface area contributed by atoms with Gasteiger partial charge in [-0.05, 0) is 50.4 Å². The van der Waals surface area contributed by atoms with E-state index in [2.05, 4.69) is 0 Å². The van der Waals surface area contributed by atoms with Crippen LogP contribution in [-0.2, 0) is 4.74 Å². The molecule has 0 saturated carbocycles. The first kappa shape index (κ1) is 16.8. The number of rotatable bonds is 7. The molecule has 0 spiro atoms. The second-order valence-electron chi connectivity index (χ2n) is 5.72. The maximum absolute atomic E-state index is 12.7. The van der Waals surface area contributed by atoms with Gasteiger partial charge in [-0.3, -0.25) is 4.79 Å². The largest absolute Gasteiger partial charge is 0.493 e. The molecule has 1 aliphatic rings. The molecule has 1 aromatic rings. The number of likely N-dealkylation sites (tertiary alicyclic amines) is 1. The van der Waals surface area contributed by atoms with Crippen LogP contribution in [0.25, 0.3) is 0 Å². The van der Waals surface area contributed by atoms with Gasteiger partial charge >= 0.3 is 0 Å². The summed E-state index contributed by atoms with van der Waals surface area (Å²) >= 11 is 0. The summed E-state index contributed by atoms with van der Waals surface area (Å²) in [5, 5.41) is 0. The number of amides is 1. The summed E-state index contributed by atoms with van der Waals surface area (Å²) in [5.74, 6) is 0.824. The van der Waals surface area contributed by atoms with Crippen LogP contribution >= 0.6 is 0 Å². The van der Waals surface area contributed by atoms with Crippen LogP contribution in [0.1, 0.15) is 35.2 Å². The predicted octanol–water partition coefficient (Wildman–Crippen LogP) is 1.97. The smallest absolute Gasteiger partial charge is 0.254 e. The van der Waals surface area contributed by atoms with Crippen molar-refractivity contribution in [1.82, 2.24) is 4.90 Å². The Balaban J connectivity index is 2.10. The summed E-state index contributed by atoms with van der Waals surface area (Å²) < 4.78 is 10.9.